The first-order valence-electron chi connectivity index (χ1n) is 7.20. The quantitative estimate of drug-likeness (QED) is 0.835. The third kappa shape index (κ3) is 3.12. The van der Waals surface area contributed by atoms with Gasteiger partial charge in [-0.25, -0.2) is 0 Å². The van der Waals surface area contributed by atoms with E-state index < -0.39 is 0 Å². The van der Waals surface area contributed by atoms with E-state index in [1.165, 1.54) is 37.1 Å². The zero-order chi connectivity index (χ0) is 13.0. The van der Waals surface area contributed by atoms with Gasteiger partial charge in [0.15, 0.2) is 0 Å². The van der Waals surface area contributed by atoms with Gasteiger partial charge in [-0.15, -0.1) is 0 Å². The van der Waals surface area contributed by atoms with Gasteiger partial charge in [0.1, 0.15) is 0 Å². The maximum atomic E-state index is 5.76. The smallest absolute Gasteiger partial charge is 0.0625 e. The molecule has 1 heterocycles. The second-order valence-electron chi connectivity index (χ2n) is 5.30. The number of hydrogen-bond donors (Lipinski definition) is 1. The Balaban J connectivity index is 2.04. The second-order valence-corrected chi connectivity index (χ2v) is 5.30. The lowest BCUT2D eigenvalue weighted by atomic mass is 10.2. The summed E-state index contributed by atoms with van der Waals surface area (Å²) in [6.07, 6.45) is 6.42. The molecule has 0 spiro atoms. The van der Waals surface area contributed by atoms with Crippen LogP contribution in [-0.4, -0.2) is 33.8 Å². The summed E-state index contributed by atoms with van der Waals surface area (Å²) in [5.41, 5.74) is 8.25. The van der Waals surface area contributed by atoms with Crippen molar-refractivity contribution in [1.29, 1.82) is 0 Å². The minimum Gasteiger partial charge on any atom is -0.329 e. The molecule has 1 saturated carbocycles. The van der Waals surface area contributed by atoms with Gasteiger partial charge < -0.3 is 5.73 Å². The van der Waals surface area contributed by atoms with Crippen molar-refractivity contribution in [3.8, 4) is 0 Å². The number of rotatable bonds is 6. The summed E-state index contributed by atoms with van der Waals surface area (Å²) in [6, 6.07) is 2.96. The highest BCUT2D eigenvalue weighted by molar-refractivity contribution is 5.10. The fourth-order valence-corrected chi connectivity index (χ4v) is 2.93. The van der Waals surface area contributed by atoms with E-state index in [1.54, 1.807) is 0 Å². The molecule has 1 aliphatic carbocycles. The Bertz CT molecular complexity index is 366. The third-order valence-electron chi connectivity index (χ3n) is 4.01. The number of aromatic nitrogens is 2. The van der Waals surface area contributed by atoms with Crippen LogP contribution in [0.1, 0.15) is 44.0 Å². The molecule has 4 nitrogen and oxygen atoms in total. The number of hydrogen-bond acceptors (Lipinski definition) is 3. The molecule has 102 valence electrons. The Morgan fingerprint density at radius 3 is 2.72 bits per heavy atom. The zero-order valence-corrected chi connectivity index (χ0v) is 11.7. The number of aryl methyl sites for hydroxylation is 2. The van der Waals surface area contributed by atoms with Gasteiger partial charge >= 0.3 is 0 Å². The van der Waals surface area contributed by atoms with Crippen molar-refractivity contribution in [1.82, 2.24) is 14.7 Å². The largest absolute Gasteiger partial charge is 0.329 e. The molecule has 0 radical (unpaired) electrons. The molecular weight excluding hydrogens is 224 g/mol. The molecule has 1 aromatic heterocycles. The van der Waals surface area contributed by atoms with E-state index in [1.807, 2.05) is 11.7 Å². The molecule has 0 bridgehead atoms. The molecule has 1 aliphatic rings. The SMILES string of the molecule is CCc1cc(CN(CCN)C2CCCC2)n(C)n1. The van der Waals surface area contributed by atoms with Crippen LogP contribution in [0.2, 0.25) is 0 Å². The molecule has 1 aromatic rings. The highest BCUT2D eigenvalue weighted by atomic mass is 15.3. The van der Waals surface area contributed by atoms with Crippen LogP contribution < -0.4 is 5.73 Å². The summed E-state index contributed by atoms with van der Waals surface area (Å²) in [5, 5.41) is 4.53. The second kappa shape index (κ2) is 6.34. The third-order valence-corrected chi connectivity index (χ3v) is 4.01. The molecule has 0 atom stereocenters. The first-order valence-corrected chi connectivity index (χ1v) is 7.20. The van der Waals surface area contributed by atoms with Gasteiger partial charge in [0.05, 0.1) is 11.4 Å². The van der Waals surface area contributed by atoms with E-state index in [2.05, 4.69) is 23.0 Å². The molecule has 0 aliphatic heterocycles. The first kappa shape index (κ1) is 13.6. The van der Waals surface area contributed by atoms with Crippen molar-refractivity contribution >= 4 is 0 Å². The number of nitrogens with zero attached hydrogens (tertiary/aromatic N) is 3. The lowest BCUT2D eigenvalue weighted by Gasteiger charge is -2.28. The van der Waals surface area contributed by atoms with Crippen LogP contribution in [-0.2, 0) is 20.0 Å². The minimum atomic E-state index is 0.730. The predicted octanol–water partition coefficient (Wildman–Crippen LogP) is 1.69. The van der Waals surface area contributed by atoms with E-state index in [-0.39, 0.29) is 0 Å². The Labute approximate surface area is 110 Å². The monoisotopic (exact) mass is 250 g/mol. The van der Waals surface area contributed by atoms with Crippen molar-refractivity contribution in [3.63, 3.8) is 0 Å². The highest BCUT2D eigenvalue weighted by Gasteiger charge is 2.22. The molecule has 18 heavy (non-hydrogen) atoms. The lowest BCUT2D eigenvalue weighted by molar-refractivity contribution is 0.190. The van der Waals surface area contributed by atoms with Crippen LogP contribution >= 0.6 is 0 Å². The fraction of sp³-hybridized carbons (Fsp3) is 0.786. The summed E-state index contributed by atoms with van der Waals surface area (Å²) >= 11 is 0. The standard InChI is InChI=1S/C14H26N4/c1-3-12-10-14(17(2)16-12)11-18(9-8-15)13-6-4-5-7-13/h10,13H,3-9,11,15H2,1-2H3. The Hall–Kier alpha value is -0.870. The molecule has 4 heteroatoms. The van der Waals surface area contributed by atoms with Crippen LogP contribution in [0.3, 0.4) is 0 Å². The zero-order valence-electron chi connectivity index (χ0n) is 11.7. The Kier molecular flexibility index (Phi) is 4.78. The van der Waals surface area contributed by atoms with Gasteiger partial charge in [-0.05, 0) is 25.3 Å². The average Bonchev–Trinajstić information content (AvgIpc) is 2.99. The summed E-state index contributed by atoms with van der Waals surface area (Å²) in [5.74, 6) is 0. The van der Waals surface area contributed by atoms with Crippen LogP contribution in [0.5, 0.6) is 0 Å². The van der Waals surface area contributed by atoms with Crippen LogP contribution in [0.4, 0.5) is 0 Å². The summed E-state index contributed by atoms with van der Waals surface area (Å²) in [4.78, 5) is 2.55. The highest BCUT2D eigenvalue weighted by Crippen LogP contribution is 2.24. The summed E-state index contributed by atoms with van der Waals surface area (Å²) < 4.78 is 2.03. The van der Waals surface area contributed by atoms with Gasteiger partial charge in [-0.2, -0.15) is 5.10 Å². The van der Waals surface area contributed by atoms with Gasteiger partial charge in [-0.3, -0.25) is 9.58 Å². The lowest BCUT2D eigenvalue weighted by Crippen LogP contribution is -2.37. The van der Waals surface area contributed by atoms with E-state index in [0.29, 0.717) is 0 Å². The normalized spacial score (nSPS) is 16.9. The molecule has 0 unspecified atom stereocenters. The molecule has 2 N–H and O–H groups in total. The van der Waals surface area contributed by atoms with Crippen LogP contribution in [0.15, 0.2) is 6.07 Å². The van der Waals surface area contributed by atoms with Crippen molar-refractivity contribution in [2.24, 2.45) is 12.8 Å². The summed E-state index contributed by atoms with van der Waals surface area (Å²) in [7, 11) is 2.05. The molecule has 2 rings (SSSR count). The van der Waals surface area contributed by atoms with Gasteiger partial charge in [0.2, 0.25) is 0 Å². The molecule has 1 fully saturated rings. The number of nitrogens with two attached hydrogens (primary N) is 1. The maximum Gasteiger partial charge on any atom is 0.0625 e. The topological polar surface area (TPSA) is 47.1 Å². The predicted molar refractivity (Wildman–Crippen MR) is 74.3 cm³/mol. The van der Waals surface area contributed by atoms with E-state index in [4.69, 9.17) is 5.73 Å². The average molecular weight is 250 g/mol. The van der Waals surface area contributed by atoms with Crippen molar-refractivity contribution in [3.05, 3.63) is 17.5 Å². The summed E-state index contributed by atoms with van der Waals surface area (Å²) in [6.45, 7) is 4.89. The van der Waals surface area contributed by atoms with Crippen molar-refractivity contribution in [2.45, 2.75) is 51.6 Å². The van der Waals surface area contributed by atoms with Crippen molar-refractivity contribution in [2.75, 3.05) is 13.1 Å². The van der Waals surface area contributed by atoms with E-state index in [9.17, 15) is 0 Å². The van der Waals surface area contributed by atoms with Gasteiger partial charge in [0, 0.05) is 32.7 Å². The molecular formula is C14H26N4. The first-order chi connectivity index (χ1) is 8.74. The Morgan fingerprint density at radius 1 is 1.44 bits per heavy atom. The van der Waals surface area contributed by atoms with E-state index >= 15 is 0 Å². The van der Waals surface area contributed by atoms with Gasteiger partial charge in [-0.1, -0.05) is 19.8 Å². The van der Waals surface area contributed by atoms with E-state index in [0.717, 1.165) is 32.1 Å². The van der Waals surface area contributed by atoms with Gasteiger partial charge in [0.25, 0.3) is 0 Å². The fourth-order valence-electron chi connectivity index (χ4n) is 2.93. The van der Waals surface area contributed by atoms with Crippen LogP contribution in [0, 0.1) is 0 Å². The van der Waals surface area contributed by atoms with Crippen LogP contribution in [0.25, 0.3) is 0 Å². The van der Waals surface area contributed by atoms with Crippen molar-refractivity contribution < 1.29 is 0 Å². The molecule has 0 saturated heterocycles. The molecule has 0 amide bonds. The molecule has 0 aromatic carbocycles. The Morgan fingerprint density at radius 2 is 2.17 bits per heavy atom. The minimum absolute atomic E-state index is 0.730. The maximum absolute atomic E-state index is 5.76.